The fraction of sp³-hybridized carbons (Fsp3) is 0.769. The summed E-state index contributed by atoms with van der Waals surface area (Å²) in [6.45, 7) is 10.5. The molecule has 9 atom stereocenters. The Morgan fingerprint density at radius 2 is 1.78 bits per heavy atom. The third-order valence-electron chi connectivity index (χ3n) is 9.90. The molecule has 1 unspecified atom stereocenters. The van der Waals surface area contributed by atoms with E-state index >= 15 is 0 Å². The molecule has 1 N–H and O–H groups in total. The first-order chi connectivity index (χ1) is 16.6. The Hall–Kier alpha value is -2.46. The molecule has 5 aliphatic rings. The van der Waals surface area contributed by atoms with Crippen LogP contribution in [0.25, 0.3) is 0 Å². The minimum atomic E-state index is -1.97. The van der Waals surface area contributed by atoms with Crippen LogP contribution in [0, 0.1) is 28.6 Å². The SMILES string of the molecule is COC(=O)O[C@@H]1CC2C(=C(C)[C@@H]3C[C@@]4(C)C(=O)O[C@H]5O[C@@H](C)C(=O)[C@H]([C@]13C)[C@]54O)CC(=O)OC2(C)C. The van der Waals surface area contributed by atoms with Crippen molar-refractivity contribution < 1.29 is 48.0 Å². The molecule has 0 amide bonds. The van der Waals surface area contributed by atoms with Gasteiger partial charge in [-0.25, -0.2) is 4.79 Å². The average molecular weight is 507 g/mol. The van der Waals surface area contributed by atoms with Gasteiger partial charge in [0, 0.05) is 11.3 Å². The Morgan fingerprint density at radius 1 is 1.11 bits per heavy atom. The first-order valence-electron chi connectivity index (χ1n) is 12.4. The van der Waals surface area contributed by atoms with Crippen molar-refractivity contribution in [3.8, 4) is 0 Å². The molecule has 10 nitrogen and oxygen atoms in total. The third-order valence-corrected chi connectivity index (χ3v) is 9.90. The second-order valence-electron chi connectivity index (χ2n) is 11.9. The summed E-state index contributed by atoms with van der Waals surface area (Å²) in [6, 6.07) is 0. The number of hydrogen-bond acceptors (Lipinski definition) is 10. The van der Waals surface area contributed by atoms with Crippen LogP contribution in [-0.4, -0.2) is 65.8 Å². The molecule has 3 aliphatic heterocycles. The van der Waals surface area contributed by atoms with Crippen LogP contribution >= 0.6 is 0 Å². The van der Waals surface area contributed by atoms with E-state index in [0.717, 1.165) is 11.1 Å². The van der Waals surface area contributed by atoms with Crippen LogP contribution in [0.1, 0.15) is 60.8 Å². The molecule has 1 saturated carbocycles. The number of carbonyl (C=O) groups is 4. The van der Waals surface area contributed by atoms with Crippen LogP contribution in [0.3, 0.4) is 0 Å². The molecule has 3 heterocycles. The van der Waals surface area contributed by atoms with Gasteiger partial charge in [-0.05, 0) is 53.4 Å². The zero-order valence-corrected chi connectivity index (χ0v) is 21.7. The van der Waals surface area contributed by atoms with Crippen LogP contribution < -0.4 is 0 Å². The van der Waals surface area contributed by atoms with Crippen LogP contribution in [-0.2, 0) is 38.1 Å². The third kappa shape index (κ3) is 2.91. The molecule has 0 aromatic rings. The van der Waals surface area contributed by atoms with E-state index in [1.54, 1.807) is 13.8 Å². The number of allylic oxidation sites excluding steroid dienone is 1. The fourth-order valence-electron chi connectivity index (χ4n) is 7.89. The molecule has 0 radical (unpaired) electrons. The highest BCUT2D eigenvalue weighted by molar-refractivity contribution is 5.92. The number of ether oxygens (including phenoxy) is 5. The number of Topliss-reactive ketones (excluding diaryl/α,β-unsaturated/α-hetero) is 1. The summed E-state index contributed by atoms with van der Waals surface area (Å²) >= 11 is 0. The average Bonchev–Trinajstić information content (AvgIpc) is 2.92. The number of carbonyl (C=O) groups excluding carboxylic acids is 4. The van der Waals surface area contributed by atoms with Crippen molar-refractivity contribution in [2.45, 2.75) is 90.5 Å². The van der Waals surface area contributed by atoms with Gasteiger partial charge >= 0.3 is 18.1 Å². The standard InChI is InChI=1S/C26H34O10/c1-11-13-8-17(27)36-23(3,4)14(13)9-16(34-22(30)32-7)25(6)15(11)10-24(5)20(29)35-21-26(24,31)19(25)18(28)12(2)33-21/h12,14-16,19,21,31H,8-10H2,1-7H3/t12-,14?,15-,16+,19+,21+,24-,25-,26-/m0/s1. The van der Waals surface area contributed by atoms with Gasteiger partial charge < -0.3 is 28.8 Å². The number of ketones is 1. The van der Waals surface area contributed by atoms with E-state index in [1.165, 1.54) is 7.11 Å². The molecule has 3 saturated heterocycles. The van der Waals surface area contributed by atoms with Crippen molar-refractivity contribution in [1.29, 1.82) is 0 Å². The lowest BCUT2D eigenvalue weighted by molar-refractivity contribution is -0.297. The fourth-order valence-corrected chi connectivity index (χ4v) is 7.89. The number of methoxy groups -OCH3 is 1. The number of cyclic esters (lactones) is 1. The van der Waals surface area contributed by atoms with Gasteiger partial charge in [0.15, 0.2) is 11.4 Å². The minimum Gasteiger partial charge on any atom is -0.459 e. The number of hydrogen-bond donors (Lipinski definition) is 1. The van der Waals surface area contributed by atoms with Crippen LogP contribution in [0.5, 0.6) is 0 Å². The van der Waals surface area contributed by atoms with Gasteiger partial charge in [0.2, 0.25) is 6.29 Å². The van der Waals surface area contributed by atoms with Crippen LogP contribution in [0.15, 0.2) is 11.1 Å². The summed E-state index contributed by atoms with van der Waals surface area (Å²) in [4.78, 5) is 52.2. The topological polar surface area (TPSA) is 135 Å². The summed E-state index contributed by atoms with van der Waals surface area (Å²) in [6.07, 6.45) is -3.70. The van der Waals surface area contributed by atoms with E-state index in [0.29, 0.717) is 0 Å². The van der Waals surface area contributed by atoms with Crippen molar-refractivity contribution in [3.05, 3.63) is 11.1 Å². The van der Waals surface area contributed by atoms with Crippen LogP contribution in [0.4, 0.5) is 4.79 Å². The highest BCUT2D eigenvalue weighted by Crippen LogP contribution is 2.69. The maximum absolute atomic E-state index is 13.9. The lowest BCUT2D eigenvalue weighted by atomic mass is 9.43. The molecule has 36 heavy (non-hydrogen) atoms. The summed E-state index contributed by atoms with van der Waals surface area (Å²) < 4.78 is 27.7. The molecule has 10 heteroatoms. The van der Waals surface area contributed by atoms with Gasteiger partial charge in [-0.1, -0.05) is 18.1 Å². The molecular formula is C26H34O10. The summed E-state index contributed by atoms with van der Waals surface area (Å²) in [5.74, 6) is -3.36. The second-order valence-corrected chi connectivity index (χ2v) is 11.9. The van der Waals surface area contributed by atoms with Gasteiger partial charge in [0.25, 0.3) is 0 Å². The minimum absolute atomic E-state index is 0.0592. The molecule has 2 aliphatic carbocycles. The lowest BCUT2D eigenvalue weighted by Gasteiger charge is -2.61. The Bertz CT molecular complexity index is 1090. The van der Waals surface area contributed by atoms with Crippen molar-refractivity contribution in [3.63, 3.8) is 0 Å². The van der Waals surface area contributed by atoms with E-state index in [1.807, 2.05) is 27.7 Å². The van der Waals surface area contributed by atoms with E-state index in [4.69, 9.17) is 23.7 Å². The summed E-state index contributed by atoms with van der Waals surface area (Å²) in [7, 11) is 1.20. The Kier molecular flexibility index (Phi) is 5.28. The van der Waals surface area contributed by atoms with E-state index in [-0.39, 0.29) is 31.1 Å². The summed E-state index contributed by atoms with van der Waals surface area (Å²) in [5, 5.41) is 12.2. The van der Waals surface area contributed by atoms with Crippen molar-refractivity contribution in [2.75, 3.05) is 7.11 Å². The molecule has 4 fully saturated rings. The molecular weight excluding hydrogens is 472 g/mol. The predicted octanol–water partition coefficient (Wildman–Crippen LogP) is 2.45. The molecule has 5 rings (SSSR count). The predicted molar refractivity (Wildman–Crippen MR) is 121 cm³/mol. The molecule has 0 aromatic carbocycles. The normalized spacial score (nSPS) is 47.1. The molecule has 0 spiro atoms. The number of aliphatic hydroxyl groups is 1. The summed E-state index contributed by atoms with van der Waals surface area (Å²) in [5.41, 5.74) is -3.80. The van der Waals surface area contributed by atoms with Gasteiger partial charge in [0.1, 0.15) is 23.2 Å². The smallest absolute Gasteiger partial charge is 0.459 e. The maximum Gasteiger partial charge on any atom is 0.508 e. The molecule has 0 aromatic heterocycles. The first kappa shape index (κ1) is 25.2. The Morgan fingerprint density at radius 3 is 2.42 bits per heavy atom. The van der Waals surface area contributed by atoms with E-state index < -0.39 is 70.3 Å². The van der Waals surface area contributed by atoms with Crippen molar-refractivity contribution >= 4 is 23.9 Å². The number of esters is 2. The first-order valence-corrected chi connectivity index (χ1v) is 12.4. The van der Waals surface area contributed by atoms with E-state index in [2.05, 4.69) is 0 Å². The lowest BCUT2D eigenvalue weighted by Crippen LogP contribution is -2.74. The van der Waals surface area contributed by atoms with Gasteiger partial charge in [-0.3, -0.25) is 14.4 Å². The second kappa shape index (κ2) is 7.54. The highest BCUT2D eigenvalue weighted by Gasteiger charge is 2.81. The number of rotatable bonds is 1. The van der Waals surface area contributed by atoms with E-state index in [9.17, 15) is 24.3 Å². The Labute approximate surface area is 209 Å². The van der Waals surface area contributed by atoms with Crippen LogP contribution in [0.2, 0.25) is 0 Å². The van der Waals surface area contributed by atoms with Gasteiger partial charge in [-0.15, -0.1) is 0 Å². The highest BCUT2D eigenvalue weighted by atomic mass is 16.7. The van der Waals surface area contributed by atoms with Crippen molar-refractivity contribution in [2.24, 2.45) is 28.6 Å². The Balaban J connectivity index is 1.79. The van der Waals surface area contributed by atoms with Gasteiger partial charge in [0.05, 0.1) is 19.4 Å². The largest absolute Gasteiger partial charge is 0.508 e. The molecule has 198 valence electrons. The quantitative estimate of drug-likeness (QED) is 0.321. The van der Waals surface area contributed by atoms with Gasteiger partial charge in [-0.2, -0.15) is 0 Å². The number of fused-ring (bicyclic) bond motifs is 3. The maximum atomic E-state index is 13.9. The molecule has 0 bridgehead atoms. The zero-order chi connectivity index (χ0) is 26.6. The van der Waals surface area contributed by atoms with Crippen molar-refractivity contribution in [1.82, 2.24) is 0 Å². The zero-order valence-electron chi connectivity index (χ0n) is 21.7. The monoisotopic (exact) mass is 506 g/mol.